The van der Waals surface area contributed by atoms with Gasteiger partial charge in [0.05, 0.1) is 32.1 Å². The van der Waals surface area contributed by atoms with Gasteiger partial charge in [-0.1, -0.05) is 36.4 Å². The monoisotopic (exact) mass is 302 g/mol. The molecule has 0 saturated heterocycles. The zero-order valence-electron chi connectivity index (χ0n) is 10.8. The van der Waals surface area contributed by atoms with Crippen LogP contribution in [0.1, 0.15) is 11.1 Å². The zero-order valence-corrected chi connectivity index (χ0v) is 12.5. The summed E-state index contributed by atoms with van der Waals surface area (Å²) in [5.74, 6) is 0. The second kappa shape index (κ2) is 4.64. The van der Waals surface area contributed by atoms with Crippen LogP contribution in [0.15, 0.2) is 58.3 Å². The van der Waals surface area contributed by atoms with Crippen LogP contribution < -0.4 is 0 Å². The quantitative estimate of drug-likeness (QED) is 0.811. The predicted molar refractivity (Wildman–Crippen MR) is 80.7 cm³/mol. The lowest BCUT2D eigenvalue weighted by molar-refractivity contribution is 0.652. The summed E-state index contributed by atoms with van der Waals surface area (Å²) in [5, 5.41) is -0.0266. The highest BCUT2D eigenvalue weighted by Gasteiger charge is 2.42. The first-order valence-electron chi connectivity index (χ1n) is 6.72. The Bertz CT molecular complexity index is 675. The number of hydrogen-bond donors (Lipinski definition) is 0. The van der Waals surface area contributed by atoms with Gasteiger partial charge in [0.15, 0.2) is 0 Å². The van der Waals surface area contributed by atoms with E-state index in [4.69, 9.17) is 0 Å². The molecule has 4 rings (SSSR count). The highest BCUT2D eigenvalue weighted by Crippen LogP contribution is 2.37. The third-order valence-electron chi connectivity index (χ3n) is 4.19. The maximum absolute atomic E-state index is 12.7. The van der Waals surface area contributed by atoms with Gasteiger partial charge in [-0.15, -0.1) is 0 Å². The van der Waals surface area contributed by atoms with E-state index in [0.717, 1.165) is 33.8 Å². The lowest BCUT2D eigenvalue weighted by atomic mass is 10.0. The topological polar surface area (TPSA) is 34.1 Å². The molecule has 2 unspecified atom stereocenters. The van der Waals surface area contributed by atoms with E-state index in [1.54, 1.807) is 0 Å². The van der Waals surface area contributed by atoms with E-state index in [-0.39, 0.29) is 10.5 Å². The molecule has 4 atom stereocenters. The Hall–Kier alpha value is -1.26. The first-order valence-corrected chi connectivity index (χ1v) is 9.15. The van der Waals surface area contributed by atoms with Gasteiger partial charge in [-0.05, 0) is 36.1 Å². The normalized spacial score (nSPS) is 31.0. The standard InChI is InChI=1S/C16H14O2S2/c17-19-13-7-3-1-5-11(13)9-15(19)16-10-12-6-2-4-8-14(12)20(16)18/h1-8,15-16H,9-10H2/t15-,16-,19?,20?/m0/s1. The van der Waals surface area contributed by atoms with E-state index < -0.39 is 21.6 Å². The molecule has 0 aliphatic carbocycles. The molecule has 0 bridgehead atoms. The second-order valence-electron chi connectivity index (χ2n) is 5.30. The fourth-order valence-corrected chi connectivity index (χ4v) is 7.10. The van der Waals surface area contributed by atoms with Crippen molar-refractivity contribution in [1.29, 1.82) is 0 Å². The fourth-order valence-electron chi connectivity index (χ4n) is 3.19. The maximum atomic E-state index is 12.7. The molecule has 2 nitrogen and oxygen atoms in total. The molecule has 2 aromatic carbocycles. The first kappa shape index (κ1) is 12.5. The predicted octanol–water partition coefficient (Wildman–Crippen LogP) is 2.45. The molecule has 0 amide bonds. The van der Waals surface area contributed by atoms with Gasteiger partial charge >= 0.3 is 0 Å². The van der Waals surface area contributed by atoms with Gasteiger partial charge in [0.1, 0.15) is 0 Å². The number of benzene rings is 2. The Labute approximate surface area is 123 Å². The van der Waals surface area contributed by atoms with Crippen molar-refractivity contribution in [3.05, 3.63) is 59.7 Å². The Morgan fingerprint density at radius 2 is 1.10 bits per heavy atom. The Morgan fingerprint density at radius 1 is 0.700 bits per heavy atom. The van der Waals surface area contributed by atoms with E-state index in [9.17, 15) is 8.42 Å². The minimum Gasteiger partial charge on any atom is -0.254 e. The van der Waals surface area contributed by atoms with Crippen LogP contribution >= 0.6 is 0 Å². The average Bonchev–Trinajstić information content (AvgIpc) is 2.98. The largest absolute Gasteiger partial charge is 0.254 e. The van der Waals surface area contributed by atoms with Crippen molar-refractivity contribution in [2.75, 3.05) is 0 Å². The highest BCUT2D eigenvalue weighted by atomic mass is 32.2. The van der Waals surface area contributed by atoms with Crippen molar-refractivity contribution >= 4 is 21.6 Å². The highest BCUT2D eigenvalue weighted by molar-refractivity contribution is 7.90. The SMILES string of the molecule is O=S1c2ccccc2C[C@H]1[C@@H]1Cc2ccccc2S1=O. The molecule has 2 aliphatic heterocycles. The summed E-state index contributed by atoms with van der Waals surface area (Å²) in [6.07, 6.45) is 1.57. The van der Waals surface area contributed by atoms with E-state index in [1.807, 2.05) is 48.5 Å². The van der Waals surface area contributed by atoms with Gasteiger partial charge in [-0.2, -0.15) is 0 Å². The maximum Gasteiger partial charge on any atom is 0.0585 e. The Kier molecular flexibility index (Phi) is 2.89. The Morgan fingerprint density at radius 3 is 1.50 bits per heavy atom. The van der Waals surface area contributed by atoms with Gasteiger partial charge in [0.2, 0.25) is 0 Å². The van der Waals surface area contributed by atoms with Crippen molar-refractivity contribution in [3.8, 4) is 0 Å². The summed E-state index contributed by atoms with van der Waals surface area (Å²) in [7, 11) is -2.05. The van der Waals surface area contributed by atoms with Gasteiger partial charge in [0.25, 0.3) is 0 Å². The number of rotatable bonds is 1. The molecule has 0 N–H and O–H groups in total. The summed E-state index contributed by atoms with van der Waals surface area (Å²) < 4.78 is 25.3. The molecule has 0 fully saturated rings. The van der Waals surface area contributed by atoms with Gasteiger partial charge in [-0.3, -0.25) is 8.42 Å². The van der Waals surface area contributed by atoms with Crippen LogP contribution in [-0.4, -0.2) is 18.9 Å². The zero-order chi connectivity index (χ0) is 13.7. The molecule has 2 aliphatic rings. The van der Waals surface area contributed by atoms with Crippen LogP contribution in [0.2, 0.25) is 0 Å². The number of fused-ring (bicyclic) bond motifs is 2. The first-order chi connectivity index (χ1) is 9.75. The van der Waals surface area contributed by atoms with Crippen molar-refractivity contribution in [3.63, 3.8) is 0 Å². The molecule has 2 heterocycles. The molecular formula is C16H14O2S2. The molecular weight excluding hydrogens is 288 g/mol. The smallest absolute Gasteiger partial charge is 0.0585 e. The molecule has 0 radical (unpaired) electrons. The van der Waals surface area contributed by atoms with Crippen LogP contribution in [-0.2, 0) is 34.4 Å². The van der Waals surface area contributed by atoms with Crippen LogP contribution in [0.25, 0.3) is 0 Å². The van der Waals surface area contributed by atoms with Crippen LogP contribution in [0, 0.1) is 0 Å². The fraction of sp³-hybridized carbons (Fsp3) is 0.250. The van der Waals surface area contributed by atoms with Crippen molar-refractivity contribution in [1.82, 2.24) is 0 Å². The molecule has 0 spiro atoms. The van der Waals surface area contributed by atoms with Crippen LogP contribution in [0.4, 0.5) is 0 Å². The van der Waals surface area contributed by atoms with Gasteiger partial charge in [-0.25, -0.2) is 0 Å². The minimum absolute atomic E-state index is 0.0133. The molecule has 0 saturated carbocycles. The molecule has 2 aromatic rings. The summed E-state index contributed by atoms with van der Waals surface area (Å²) in [6, 6.07) is 15.8. The molecule has 102 valence electrons. The van der Waals surface area contributed by atoms with Crippen molar-refractivity contribution < 1.29 is 8.42 Å². The van der Waals surface area contributed by atoms with Crippen LogP contribution in [0.5, 0.6) is 0 Å². The summed E-state index contributed by atoms with van der Waals surface area (Å²) in [5.41, 5.74) is 2.31. The van der Waals surface area contributed by atoms with E-state index in [1.165, 1.54) is 0 Å². The second-order valence-corrected chi connectivity index (χ2v) is 8.58. The Balaban J connectivity index is 1.69. The van der Waals surface area contributed by atoms with Gasteiger partial charge < -0.3 is 0 Å². The molecule has 20 heavy (non-hydrogen) atoms. The third-order valence-corrected chi connectivity index (χ3v) is 8.11. The van der Waals surface area contributed by atoms with Crippen molar-refractivity contribution in [2.45, 2.75) is 33.1 Å². The molecule has 4 heteroatoms. The number of hydrogen-bond acceptors (Lipinski definition) is 2. The summed E-state index contributed by atoms with van der Waals surface area (Å²) >= 11 is 0. The molecule has 0 aromatic heterocycles. The van der Waals surface area contributed by atoms with E-state index >= 15 is 0 Å². The lowest BCUT2D eigenvalue weighted by Crippen LogP contribution is -2.31. The summed E-state index contributed by atoms with van der Waals surface area (Å²) in [6.45, 7) is 0. The average molecular weight is 302 g/mol. The van der Waals surface area contributed by atoms with E-state index in [2.05, 4.69) is 0 Å². The summed E-state index contributed by atoms with van der Waals surface area (Å²) in [4.78, 5) is 1.87. The van der Waals surface area contributed by atoms with Gasteiger partial charge in [0, 0.05) is 9.79 Å². The minimum atomic E-state index is -1.03. The lowest BCUT2D eigenvalue weighted by Gasteiger charge is -2.15. The van der Waals surface area contributed by atoms with Crippen LogP contribution in [0.3, 0.4) is 0 Å². The van der Waals surface area contributed by atoms with Crippen molar-refractivity contribution in [2.24, 2.45) is 0 Å². The third kappa shape index (κ3) is 1.75. The van der Waals surface area contributed by atoms with E-state index in [0.29, 0.717) is 0 Å².